The molecular weight excluding hydrogens is 352 g/mol. The van der Waals surface area contributed by atoms with Crippen LogP contribution in [0.1, 0.15) is 5.56 Å². The van der Waals surface area contributed by atoms with Crippen molar-refractivity contribution in [3.05, 3.63) is 60.6 Å². The van der Waals surface area contributed by atoms with Gasteiger partial charge in [-0.2, -0.15) is 0 Å². The van der Waals surface area contributed by atoms with Gasteiger partial charge in [-0.05, 0) is 35.9 Å². The van der Waals surface area contributed by atoms with E-state index in [0.717, 1.165) is 33.2 Å². The maximum Gasteiger partial charge on any atom is 0.238 e. The standard InChI is InChI=1S/C18H16N4O3S/c1-25-13-4-7-16-15(8-13)18-17(9-20-11-21-18)22(16)10-12-2-5-14(6-3-12)26(19,23)24/h2-9,11H,10H2,1H3,(H2,19,23,24). The Kier molecular flexibility index (Phi) is 3.86. The van der Waals surface area contributed by atoms with Crippen LogP contribution in [0, 0.1) is 0 Å². The molecule has 7 nitrogen and oxygen atoms in total. The second-order valence-corrected chi connectivity index (χ2v) is 7.48. The number of sulfonamides is 1. The molecule has 0 amide bonds. The molecule has 0 aliphatic rings. The second-order valence-electron chi connectivity index (χ2n) is 5.91. The van der Waals surface area contributed by atoms with E-state index >= 15 is 0 Å². The average Bonchev–Trinajstić information content (AvgIpc) is 2.95. The van der Waals surface area contributed by atoms with E-state index in [1.165, 1.54) is 18.5 Å². The SMILES string of the molecule is COc1ccc2c(c1)c1ncncc1n2Cc1ccc(S(N)(=O)=O)cc1. The Hall–Kier alpha value is -2.97. The summed E-state index contributed by atoms with van der Waals surface area (Å²) in [6, 6.07) is 12.4. The summed E-state index contributed by atoms with van der Waals surface area (Å²) in [6.07, 6.45) is 3.29. The number of nitrogens with two attached hydrogens (primary N) is 1. The number of methoxy groups -OCH3 is 1. The molecule has 0 atom stereocenters. The zero-order valence-corrected chi connectivity index (χ0v) is 14.8. The summed E-state index contributed by atoms with van der Waals surface area (Å²) in [5, 5.41) is 6.13. The Morgan fingerprint density at radius 2 is 1.88 bits per heavy atom. The highest BCUT2D eigenvalue weighted by atomic mass is 32.2. The molecule has 0 saturated heterocycles. The van der Waals surface area contributed by atoms with E-state index in [0.29, 0.717) is 6.54 Å². The molecule has 4 aromatic rings. The van der Waals surface area contributed by atoms with Crippen molar-refractivity contribution in [2.24, 2.45) is 5.14 Å². The van der Waals surface area contributed by atoms with E-state index in [9.17, 15) is 8.42 Å². The van der Waals surface area contributed by atoms with Crippen LogP contribution in [0.4, 0.5) is 0 Å². The third-order valence-corrected chi connectivity index (χ3v) is 5.26. The van der Waals surface area contributed by atoms with Crippen molar-refractivity contribution in [3.63, 3.8) is 0 Å². The smallest absolute Gasteiger partial charge is 0.238 e. The molecule has 8 heteroatoms. The largest absolute Gasteiger partial charge is 0.497 e. The number of fused-ring (bicyclic) bond motifs is 3. The highest BCUT2D eigenvalue weighted by Crippen LogP contribution is 2.30. The predicted molar refractivity (Wildman–Crippen MR) is 98.5 cm³/mol. The molecule has 26 heavy (non-hydrogen) atoms. The van der Waals surface area contributed by atoms with Crippen molar-refractivity contribution in [2.45, 2.75) is 11.4 Å². The monoisotopic (exact) mass is 368 g/mol. The van der Waals surface area contributed by atoms with E-state index in [1.807, 2.05) is 18.2 Å². The van der Waals surface area contributed by atoms with Gasteiger partial charge in [0.2, 0.25) is 10.0 Å². The van der Waals surface area contributed by atoms with Crippen molar-refractivity contribution in [1.29, 1.82) is 0 Å². The maximum absolute atomic E-state index is 11.4. The fourth-order valence-electron chi connectivity index (χ4n) is 3.06. The van der Waals surface area contributed by atoms with Gasteiger partial charge < -0.3 is 9.30 Å². The first-order valence-corrected chi connectivity index (χ1v) is 9.40. The number of ether oxygens (including phenoxy) is 1. The van der Waals surface area contributed by atoms with Gasteiger partial charge in [0.15, 0.2) is 0 Å². The molecule has 0 saturated carbocycles. The van der Waals surface area contributed by atoms with Gasteiger partial charge in [-0.3, -0.25) is 0 Å². The molecule has 132 valence electrons. The zero-order chi connectivity index (χ0) is 18.3. The summed E-state index contributed by atoms with van der Waals surface area (Å²) < 4.78 is 30.2. The van der Waals surface area contributed by atoms with Crippen LogP contribution in [0.3, 0.4) is 0 Å². The quantitative estimate of drug-likeness (QED) is 0.596. The predicted octanol–water partition coefficient (Wildman–Crippen LogP) is 2.29. The van der Waals surface area contributed by atoms with Crippen LogP contribution < -0.4 is 9.88 Å². The normalized spacial score (nSPS) is 11.9. The minimum absolute atomic E-state index is 0.0940. The highest BCUT2D eigenvalue weighted by molar-refractivity contribution is 7.89. The molecule has 0 bridgehead atoms. The molecule has 2 heterocycles. The number of benzene rings is 2. The summed E-state index contributed by atoms with van der Waals surface area (Å²) in [6.45, 7) is 0.546. The van der Waals surface area contributed by atoms with Crippen LogP contribution in [-0.4, -0.2) is 30.1 Å². The highest BCUT2D eigenvalue weighted by Gasteiger charge is 2.14. The molecule has 0 radical (unpaired) electrons. The molecule has 2 aromatic heterocycles. The van der Waals surface area contributed by atoms with Gasteiger partial charge >= 0.3 is 0 Å². The van der Waals surface area contributed by atoms with Crippen LogP contribution in [0.25, 0.3) is 21.9 Å². The Balaban J connectivity index is 1.85. The number of primary sulfonamides is 1. The third kappa shape index (κ3) is 2.79. The van der Waals surface area contributed by atoms with Crippen molar-refractivity contribution < 1.29 is 13.2 Å². The van der Waals surface area contributed by atoms with Crippen LogP contribution in [-0.2, 0) is 16.6 Å². The first kappa shape index (κ1) is 16.5. The third-order valence-electron chi connectivity index (χ3n) is 4.33. The Labute approximate surface area is 150 Å². The van der Waals surface area contributed by atoms with Crippen molar-refractivity contribution >= 4 is 32.0 Å². The maximum atomic E-state index is 11.4. The molecule has 0 unspecified atom stereocenters. The number of hydrogen-bond acceptors (Lipinski definition) is 5. The number of rotatable bonds is 4. The van der Waals surface area contributed by atoms with Crippen molar-refractivity contribution in [1.82, 2.24) is 14.5 Å². The van der Waals surface area contributed by atoms with E-state index in [2.05, 4.69) is 14.5 Å². The van der Waals surface area contributed by atoms with Gasteiger partial charge in [0.1, 0.15) is 12.1 Å². The number of nitrogens with zero attached hydrogens (tertiary/aromatic N) is 3. The Morgan fingerprint density at radius 3 is 2.58 bits per heavy atom. The number of aromatic nitrogens is 3. The first-order valence-electron chi connectivity index (χ1n) is 7.85. The van der Waals surface area contributed by atoms with Crippen LogP contribution in [0.2, 0.25) is 0 Å². The zero-order valence-electron chi connectivity index (χ0n) is 14.0. The van der Waals surface area contributed by atoms with Crippen LogP contribution in [0.5, 0.6) is 5.75 Å². The molecule has 0 fully saturated rings. The van der Waals surface area contributed by atoms with E-state index in [1.54, 1.807) is 25.4 Å². The lowest BCUT2D eigenvalue weighted by Crippen LogP contribution is -2.12. The lowest BCUT2D eigenvalue weighted by Gasteiger charge is -2.08. The minimum atomic E-state index is -3.70. The fraction of sp³-hybridized carbons (Fsp3) is 0.111. The van der Waals surface area contributed by atoms with Gasteiger partial charge in [0.25, 0.3) is 0 Å². The van der Waals surface area contributed by atoms with Crippen molar-refractivity contribution in [2.75, 3.05) is 7.11 Å². The minimum Gasteiger partial charge on any atom is -0.497 e. The van der Waals surface area contributed by atoms with Crippen LogP contribution >= 0.6 is 0 Å². The summed E-state index contributed by atoms with van der Waals surface area (Å²) in [5.74, 6) is 0.757. The Morgan fingerprint density at radius 1 is 1.12 bits per heavy atom. The van der Waals surface area contributed by atoms with Gasteiger partial charge in [-0.15, -0.1) is 0 Å². The van der Waals surface area contributed by atoms with Crippen molar-refractivity contribution in [3.8, 4) is 5.75 Å². The topological polar surface area (TPSA) is 100 Å². The van der Waals surface area contributed by atoms with Gasteiger partial charge in [-0.1, -0.05) is 12.1 Å². The van der Waals surface area contributed by atoms with Gasteiger partial charge in [0.05, 0.1) is 34.8 Å². The molecule has 4 rings (SSSR count). The van der Waals surface area contributed by atoms with E-state index in [-0.39, 0.29) is 4.90 Å². The summed E-state index contributed by atoms with van der Waals surface area (Å²) in [4.78, 5) is 8.64. The Bertz CT molecular complexity index is 1210. The molecule has 0 aliphatic heterocycles. The lowest BCUT2D eigenvalue weighted by atomic mass is 10.2. The summed E-state index contributed by atoms with van der Waals surface area (Å²) in [5.41, 5.74) is 3.68. The van der Waals surface area contributed by atoms with Gasteiger partial charge in [-0.25, -0.2) is 23.5 Å². The molecule has 2 N–H and O–H groups in total. The molecule has 2 aromatic carbocycles. The summed E-state index contributed by atoms with van der Waals surface area (Å²) in [7, 11) is -2.07. The first-order chi connectivity index (χ1) is 12.5. The van der Waals surface area contributed by atoms with Crippen LogP contribution in [0.15, 0.2) is 59.9 Å². The average molecular weight is 368 g/mol. The molecule has 0 aliphatic carbocycles. The molecule has 0 spiro atoms. The second kappa shape index (κ2) is 6.08. The number of hydrogen-bond donors (Lipinski definition) is 1. The summed E-state index contributed by atoms with van der Waals surface area (Å²) >= 11 is 0. The van der Waals surface area contributed by atoms with Gasteiger partial charge in [0, 0.05) is 11.9 Å². The fourth-order valence-corrected chi connectivity index (χ4v) is 3.58. The van der Waals surface area contributed by atoms with E-state index < -0.39 is 10.0 Å². The lowest BCUT2D eigenvalue weighted by molar-refractivity contribution is 0.415. The van der Waals surface area contributed by atoms with E-state index in [4.69, 9.17) is 9.88 Å². The molecular formula is C18H16N4O3S.